The van der Waals surface area contributed by atoms with Gasteiger partial charge in [-0.3, -0.25) is 0 Å². The molecule has 0 aliphatic rings. The molecule has 0 aromatic carbocycles. The molecule has 0 aliphatic carbocycles. The molecule has 1 aromatic rings. The van der Waals surface area contributed by atoms with Gasteiger partial charge >= 0.3 is 6.09 Å². The Balaban J connectivity index is 2.41. The van der Waals surface area contributed by atoms with Crippen LogP contribution in [0.1, 0.15) is 26.3 Å². The zero-order valence-electron chi connectivity index (χ0n) is 10.6. The van der Waals surface area contributed by atoms with E-state index in [1.807, 2.05) is 20.8 Å². The summed E-state index contributed by atoms with van der Waals surface area (Å²) in [5.41, 5.74) is 0.343. The Kier molecular flexibility index (Phi) is 5.17. The van der Waals surface area contributed by atoms with Crippen molar-refractivity contribution >= 4 is 22.0 Å². The van der Waals surface area contributed by atoms with Gasteiger partial charge in [-0.15, -0.1) is 0 Å². The van der Waals surface area contributed by atoms with Crippen molar-refractivity contribution in [2.24, 2.45) is 0 Å². The number of pyridine rings is 1. The molecular formula is C13H15BrN2O2. The molecule has 0 radical (unpaired) electrons. The summed E-state index contributed by atoms with van der Waals surface area (Å²) in [5.74, 6) is 5.75. The predicted octanol–water partition coefficient (Wildman–Crippen LogP) is 2.72. The smallest absolute Gasteiger partial charge is 0.408 e. The third-order valence-corrected chi connectivity index (χ3v) is 2.11. The van der Waals surface area contributed by atoms with Gasteiger partial charge in [-0.1, -0.05) is 11.8 Å². The van der Waals surface area contributed by atoms with Gasteiger partial charge in [-0.2, -0.15) is 0 Å². The lowest BCUT2D eigenvalue weighted by Gasteiger charge is -2.18. The van der Waals surface area contributed by atoms with Crippen LogP contribution >= 0.6 is 15.9 Å². The predicted molar refractivity (Wildman–Crippen MR) is 73.1 cm³/mol. The summed E-state index contributed by atoms with van der Waals surface area (Å²) >= 11 is 3.26. The van der Waals surface area contributed by atoms with E-state index in [4.69, 9.17) is 4.74 Å². The number of aromatic nitrogens is 1. The molecule has 0 spiro atoms. The Hall–Kier alpha value is -1.54. The normalized spacial score (nSPS) is 10.2. The summed E-state index contributed by atoms with van der Waals surface area (Å²) in [5, 5.41) is 2.56. The van der Waals surface area contributed by atoms with Gasteiger partial charge in [0.2, 0.25) is 0 Å². The van der Waals surface area contributed by atoms with E-state index in [0.29, 0.717) is 0 Å². The summed E-state index contributed by atoms with van der Waals surface area (Å²) < 4.78 is 5.80. The highest BCUT2D eigenvalue weighted by Crippen LogP contribution is 2.07. The number of rotatable bonds is 1. The summed E-state index contributed by atoms with van der Waals surface area (Å²) in [6, 6.07) is 3.60. The SMILES string of the molecule is CC(C)(C)OC(=O)NCC#Cc1ccnc(Br)c1. The van der Waals surface area contributed by atoms with Crippen molar-refractivity contribution in [3.63, 3.8) is 0 Å². The van der Waals surface area contributed by atoms with Crippen molar-refractivity contribution in [3.05, 3.63) is 28.5 Å². The second-order valence-corrected chi connectivity index (χ2v) is 5.34. The zero-order valence-corrected chi connectivity index (χ0v) is 12.2. The number of hydrogen-bond acceptors (Lipinski definition) is 3. The lowest BCUT2D eigenvalue weighted by atomic mass is 10.2. The van der Waals surface area contributed by atoms with Gasteiger partial charge in [0.15, 0.2) is 0 Å². The lowest BCUT2D eigenvalue weighted by Crippen LogP contribution is -2.32. The maximum Gasteiger partial charge on any atom is 0.408 e. The Morgan fingerprint density at radius 2 is 2.28 bits per heavy atom. The van der Waals surface area contributed by atoms with E-state index in [1.165, 1.54) is 0 Å². The molecule has 1 heterocycles. The van der Waals surface area contributed by atoms with Crippen molar-refractivity contribution in [2.75, 3.05) is 6.54 Å². The zero-order chi connectivity index (χ0) is 13.6. The van der Waals surface area contributed by atoms with Crippen LogP contribution in [0, 0.1) is 11.8 Å². The van der Waals surface area contributed by atoms with Crippen LogP contribution in [0.15, 0.2) is 22.9 Å². The van der Waals surface area contributed by atoms with E-state index in [0.717, 1.165) is 10.2 Å². The number of amides is 1. The van der Waals surface area contributed by atoms with Gasteiger partial charge < -0.3 is 10.1 Å². The Bertz CT molecular complexity index is 484. The van der Waals surface area contributed by atoms with Gasteiger partial charge in [-0.25, -0.2) is 9.78 Å². The topological polar surface area (TPSA) is 51.2 Å². The van der Waals surface area contributed by atoms with Gasteiger partial charge in [0.25, 0.3) is 0 Å². The molecule has 0 saturated carbocycles. The first-order chi connectivity index (χ1) is 8.37. The highest BCUT2D eigenvalue weighted by Gasteiger charge is 2.14. The first kappa shape index (κ1) is 14.5. The average molecular weight is 311 g/mol. The fraction of sp³-hybridized carbons (Fsp3) is 0.385. The molecule has 0 aliphatic heterocycles. The van der Waals surface area contributed by atoms with Gasteiger partial charge in [0.1, 0.15) is 10.2 Å². The largest absolute Gasteiger partial charge is 0.444 e. The lowest BCUT2D eigenvalue weighted by molar-refractivity contribution is 0.0535. The number of halogens is 1. The van der Waals surface area contributed by atoms with Crippen LogP contribution < -0.4 is 5.32 Å². The molecule has 18 heavy (non-hydrogen) atoms. The Morgan fingerprint density at radius 3 is 2.89 bits per heavy atom. The third kappa shape index (κ3) is 6.26. The number of nitrogens with one attached hydrogen (secondary N) is 1. The van der Waals surface area contributed by atoms with Crippen molar-refractivity contribution in [2.45, 2.75) is 26.4 Å². The molecule has 0 bridgehead atoms. The number of carbonyl (C=O) groups is 1. The first-order valence-electron chi connectivity index (χ1n) is 5.44. The van der Waals surface area contributed by atoms with Crippen LogP contribution in [0.25, 0.3) is 0 Å². The molecule has 0 unspecified atom stereocenters. The molecule has 1 amide bonds. The maximum absolute atomic E-state index is 11.3. The molecule has 5 heteroatoms. The van der Waals surface area contributed by atoms with Crippen molar-refractivity contribution in [1.82, 2.24) is 10.3 Å². The second kappa shape index (κ2) is 6.41. The number of hydrogen-bond donors (Lipinski definition) is 1. The van der Waals surface area contributed by atoms with Crippen molar-refractivity contribution in [1.29, 1.82) is 0 Å². The van der Waals surface area contributed by atoms with E-state index in [-0.39, 0.29) is 6.54 Å². The summed E-state index contributed by atoms with van der Waals surface area (Å²) in [7, 11) is 0. The Labute approximate surface area is 115 Å². The molecular weight excluding hydrogens is 296 g/mol. The molecule has 4 nitrogen and oxygen atoms in total. The monoisotopic (exact) mass is 310 g/mol. The van der Waals surface area contributed by atoms with Crippen LogP contribution in [0.2, 0.25) is 0 Å². The molecule has 0 atom stereocenters. The number of alkyl carbamates (subject to hydrolysis) is 1. The molecule has 1 aromatic heterocycles. The minimum Gasteiger partial charge on any atom is -0.444 e. The molecule has 1 N–H and O–H groups in total. The van der Waals surface area contributed by atoms with Gasteiger partial charge in [0.05, 0.1) is 6.54 Å². The highest BCUT2D eigenvalue weighted by molar-refractivity contribution is 9.10. The van der Waals surface area contributed by atoms with E-state index in [2.05, 4.69) is 38.1 Å². The standard InChI is InChI=1S/C13H15BrN2O2/c1-13(2,3)18-12(17)16-7-4-5-10-6-8-15-11(14)9-10/h6,8-9H,7H2,1-3H3,(H,16,17). The molecule has 1 rings (SSSR count). The summed E-state index contributed by atoms with van der Waals surface area (Å²) in [6.45, 7) is 5.68. The summed E-state index contributed by atoms with van der Waals surface area (Å²) in [6.07, 6.45) is 1.20. The van der Waals surface area contributed by atoms with Crippen molar-refractivity contribution in [3.8, 4) is 11.8 Å². The van der Waals surface area contributed by atoms with Crippen LogP contribution in [-0.2, 0) is 4.74 Å². The van der Waals surface area contributed by atoms with E-state index >= 15 is 0 Å². The molecule has 96 valence electrons. The van der Waals surface area contributed by atoms with E-state index in [9.17, 15) is 4.79 Å². The molecule has 0 fully saturated rings. The van der Waals surface area contributed by atoms with Crippen molar-refractivity contribution < 1.29 is 9.53 Å². The van der Waals surface area contributed by atoms with E-state index < -0.39 is 11.7 Å². The van der Waals surface area contributed by atoms with Crippen LogP contribution in [-0.4, -0.2) is 23.2 Å². The third-order valence-electron chi connectivity index (χ3n) is 1.68. The van der Waals surface area contributed by atoms with Crippen LogP contribution in [0.3, 0.4) is 0 Å². The first-order valence-corrected chi connectivity index (χ1v) is 6.23. The Morgan fingerprint density at radius 1 is 1.56 bits per heavy atom. The van der Waals surface area contributed by atoms with Crippen LogP contribution in [0.4, 0.5) is 4.79 Å². The minimum absolute atomic E-state index is 0.245. The number of carbonyl (C=O) groups excluding carboxylic acids is 1. The molecule has 0 saturated heterocycles. The fourth-order valence-electron chi connectivity index (χ4n) is 1.06. The van der Waals surface area contributed by atoms with E-state index in [1.54, 1.807) is 18.3 Å². The fourth-order valence-corrected chi connectivity index (χ4v) is 1.42. The van der Waals surface area contributed by atoms with Gasteiger partial charge in [-0.05, 0) is 48.8 Å². The average Bonchev–Trinajstić information content (AvgIpc) is 2.22. The minimum atomic E-state index is -0.493. The quantitative estimate of drug-likeness (QED) is 0.641. The number of nitrogens with zero attached hydrogens (tertiary/aromatic N) is 1. The maximum atomic E-state index is 11.3. The summed E-state index contributed by atoms with van der Waals surface area (Å²) in [4.78, 5) is 15.3. The van der Waals surface area contributed by atoms with Crippen LogP contribution in [0.5, 0.6) is 0 Å². The highest BCUT2D eigenvalue weighted by atomic mass is 79.9. The van der Waals surface area contributed by atoms with Gasteiger partial charge in [0, 0.05) is 11.8 Å². The second-order valence-electron chi connectivity index (χ2n) is 4.52. The number of ether oxygens (including phenoxy) is 1.